The first-order valence-electron chi connectivity index (χ1n) is 8.87. The Morgan fingerprint density at radius 1 is 1.19 bits per heavy atom. The molecule has 0 bridgehead atoms. The second-order valence-corrected chi connectivity index (χ2v) is 7.30. The third-order valence-corrected chi connectivity index (χ3v) is 5.24. The Labute approximate surface area is 167 Å². The molecule has 2 aromatic rings. The maximum atomic E-state index is 13.2. The number of hydrogen-bond donors (Lipinski definition) is 1. The van der Waals surface area contributed by atoms with Gasteiger partial charge in [0, 0.05) is 30.9 Å². The van der Waals surface area contributed by atoms with Crippen molar-refractivity contribution in [1.82, 2.24) is 4.98 Å². The molecule has 144 valence electrons. The van der Waals surface area contributed by atoms with Gasteiger partial charge in [0.25, 0.3) is 0 Å². The Morgan fingerprint density at radius 2 is 1.93 bits per heavy atom. The molecular formula is C20H23BrN2O4. The van der Waals surface area contributed by atoms with Gasteiger partial charge < -0.3 is 19.5 Å². The van der Waals surface area contributed by atoms with Crippen LogP contribution in [0.3, 0.4) is 0 Å². The Kier molecular flexibility index (Phi) is 6.82. The minimum Gasteiger partial charge on any atom is -0.475 e. The number of carbonyl (C=O) groups is 1. The van der Waals surface area contributed by atoms with Crippen LogP contribution in [0, 0.1) is 0 Å². The number of amides is 1. The number of hydrogen-bond acceptors (Lipinski definition) is 5. The van der Waals surface area contributed by atoms with E-state index in [9.17, 15) is 4.79 Å². The summed E-state index contributed by atoms with van der Waals surface area (Å²) < 4.78 is 16.9. The predicted octanol–water partition coefficient (Wildman–Crippen LogP) is 3.56. The summed E-state index contributed by atoms with van der Waals surface area (Å²) in [7, 11) is 1.62. The summed E-state index contributed by atoms with van der Waals surface area (Å²) in [6.07, 6.45) is 2.90. The molecule has 1 amide bonds. The first kappa shape index (κ1) is 19.8. The molecule has 6 nitrogen and oxygen atoms in total. The number of nitrogens with zero attached hydrogens (tertiary/aromatic N) is 1. The number of carbonyl (C=O) groups excluding carboxylic acids is 1. The van der Waals surface area contributed by atoms with Crippen LogP contribution in [0.2, 0.25) is 0 Å². The lowest BCUT2D eigenvalue weighted by Gasteiger charge is -2.36. The molecule has 0 aliphatic carbocycles. The lowest BCUT2D eigenvalue weighted by Crippen LogP contribution is -2.44. The largest absolute Gasteiger partial charge is 0.475 e. The van der Waals surface area contributed by atoms with Crippen molar-refractivity contribution >= 4 is 27.5 Å². The number of halogens is 1. The molecule has 2 heterocycles. The van der Waals surface area contributed by atoms with E-state index in [-0.39, 0.29) is 5.91 Å². The van der Waals surface area contributed by atoms with Crippen LogP contribution in [0.4, 0.5) is 5.69 Å². The number of pyridine rings is 1. The van der Waals surface area contributed by atoms with Crippen molar-refractivity contribution in [3.63, 3.8) is 0 Å². The Bertz CT molecular complexity index is 744. The highest BCUT2D eigenvalue weighted by Gasteiger charge is 2.41. The van der Waals surface area contributed by atoms with E-state index >= 15 is 0 Å². The van der Waals surface area contributed by atoms with Gasteiger partial charge in [0.15, 0.2) is 0 Å². The van der Waals surface area contributed by atoms with Crippen molar-refractivity contribution in [3.8, 4) is 5.88 Å². The van der Waals surface area contributed by atoms with Gasteiger partial charge in [-0.05, 0) is 36.6 Å². The minimum absolute atomic E-state index is 0.0389. The third kappa shape index (κ3) is 4.86. The fourth-order valence-electron chi connectivity index (χ4n) is 3.16. The SMILES string of the molecule is COCCOc1ccc(NC(=O)C2(c3ccc(Br)cc3)CCOCC2)cn1. The summed E-state index contributed by atoms with van der Waals surface area (Å²) in [5.74, 6) is 0.460. The maximum Gasteiger partial charge on any atom is 0.235 e. The molecule has 1 aromatic heterocycles. The minimum atomic E-state index is -0.605. The molecule has 3 rings (SSSR count). The van der Waals surface area contributed by atoms with Gasteiger partial charge >= 0.3 is 0 Å². The monoisotopic (exact) mass is 434 g/mol. The van der Waals surface area contributed by atoms with Crippen LogP contribution in [0.5, 0.6) is 5.88 Å². The van der Waals surface area contributed by atoms with Gasteiger partial charge in [-0.25, -0.2) is 4.98 Å². The van der Waals surface area contributed by atoms with Gasteiger partial charge in [-0.1, -0.05) is 28.1 Å². The van der Waals surface area contributed by atoms with E-state index in [1.807, 2.05) is 24.3 Å². The molecule has 1 aliphatic rings. The highest BCUT2D eigenvalue weighted by molar-refractivity contribution is 9.10. The molecule has 1 N–H and O–H groups in total. The van der Waals surface area contributed by atoms with Gasteiger partial charge in [0.1, 0.15) is 6.61 Å². The highest BCUT2D eigenvalue weighted by Crippen LogP contribution is 2.36. The zero-order valence-corrected chi connectivity index (χ0v) is 16.8. The number of anilines is 1. The number of nitrogens with one attached hydrogen (secondary N) is 1. The van der Waals surface area contributed by atoms with E-state index in [4.69, 9.17) is 14.2 Å². The van der Waals surface area contributed by atoms with Crippen LogP contribution in [0.1, 0.15) is 18.4 Å². The normalized spacial score (nSPS) is 15.9. The van der Waals surface area contributed by atoms with Gasteiger partial charge in [-0.2, -0.15) is 0 Å². The van der Waals surface area contributed by atoms with Crippen LogP contribution >= 0.6 is 15.9 Å². The highest BCUT2D eigenvalue weighted by atomic mass is 79.9. The fraction of sp³-hybridized carbons (Fsp3) is 0.400. The molecule has 1 aromatic carbocycles. The number of rotatable bonds is 7. The van der Waals surface area contributed by atoms with Gasteiger partial charge in [-0.3, -0.25) is 4.79 Å². The number of ether oxygens (including phenoxy) is 3. The summed E-state index contributed by atoms with van der Waals surface area (Å²) in [5, 5.41) is 3.01. The van der Waals surface area contributed by atoms with Gasteiger partial charge in [0.05, 0.1) is 23.9 Å². The van der Waals surface area contributed by atoms with E-state index in [0.717, 1.165) is 10.0 Å². The standard InChI is InChI=1S/C20H23BrN2O4/c1-25-12-13-27-18-7-6-17(14-22-18)23-19(24)20(8-10-26-11-9-20)15-2-4-16(21)5-3-15/h2-7,14H,8-13H2,1H3,(H,23,24). The van der Waals surface area contributed by atoms with Crippen molar-refractivity contribution in [2.45, 2.75) is 18.3 Å². The lowest BCUT2D eigenvalue weighted by molar-refractivity contribution is -0.125. The maximum absolute atomic E-state index is 13.2. The van der Waals surface area contributed by atoms with Crippen molar-refractivity contribution in [2.75, 3.05) is 38.9 Å². The Hall–Kier alpha value is -1.96. The van der Waals surface area contributed by atoms with Crippen molar-refractivity contribution in [3.05, 3.63) is 52.6 Å². The van der Waals surface area contributed by atoms with Crippen molar-refractivity contribution < 1.29 is 19.0 Å². The van der Waals surface area contributed by atoms with Crippen molar-refractivity contribution in [1.29, 1.82) is 0 Å². The molecular weight excluding hydrogens is 412 g/mol. The van der Waals surface area contributed by atoms with Crippen LogP contribution in [0.25, 0.3) is 0 Å². The summed E-state index contributed by atoms with van der Waals surface area (Å²) >= 11 is 3.45. The van der Waals surface area contributed by atoms with Crippen LogP contribution in [-0.4, -0.2) is 44.4 Å². The quantitative estimate of drug-likeness (QED) is 0.674. The molecule has 0 unspecified atom stereocenters. The van der Waals surface area contributed by atoms with Crippen molar-refractivity contribution in [2.24, 2.45) is 0 Å². The zero-order chi connectivity index (χ0) is 19.1. The average molecular weight is 435 g/mol. The second-order valence-electron chi connectivity index (χ2n) is 6.38. The summed E-state index contributed by atoms with van der Waals surface area (Å²) in [6.45, 7) is 2.06. The molecule has 1 aliphatic heterocycles. The molecule has 0 saturated carbocycles. The molecule has 1 saturated heterocycles. The Morgan fingerprint density at radius 3 is 2.56 bits per heavy atom. The summed E-state index contributed by atoms with van der Waals surface area (Å²) in [4.78, 5) is 17.4. The number of methoxy groups -OCH3 is 1. The summed E-state index contributed by atoms with van der Waals surface area (Å²) in [6, 6.07) is 11.5. The number of aromatic nitrogens is 1. The third-order valence-electron chi connectivity index (χ3n) is 4.71. The molecule has 0 spiro atoms. The topological polar surface area (TPSA) is 69.7 Å². The van der Waals surface area contributed by atoms with Gasteiger partial charge in [0.2, 0.25) is 11.8 Å². The molecule has 7 heteroatoms. The fourth-order valence-corrected chi connectivity index (χ4v) is 3.42. The lowest BCUT2D eigenvalue weighted by atomic mass is 9.73. The molecule has 0 atom stereocenters. The van der Waals surface area contributed by atoms with E-state index < -0.39 is 5.41 Å². The second kappa shape index (κ2) is 9.30. The van der Waals surface area contributed by atoms with E-state index in [1.54, 1.807) is 25.4 Å². The van der Waals surface area contributed by atoms with E-state index in [0.29, 0.717) is 50.8 Å². The first-order chi connectivity index (χ1) is 13.1. The average Bonchev–Trinajstić information content (AvgIpc) is 2.70. The predicted molar refractivity (Wildman–Crippen MR) is 106 cm³/mol. The smallest absolute Gasteiger partial charge is 0.235 e. The first-order valence-corrected chi connectivity index (χ1v) is 9.66. The molecule has 1 fully saturated rings. The van der Waals surface area contributed by atoms with E-state index in [1.165, 1.54) is 0 Å². The number of benzene rings is 1. The van der Waals surface area contributed by atoms with E-state index in [2.05, 4.69) is 26.2 Å². The zero-order valence-electron chi connectivity index (χ0n) is 15.2. The molecule has 0 radical (unpaired) electrons. The van der Waals surface area contributed by atoms with Gasteiger partial charge in [-0.15, -0.1) is 0 Å². The van der Waals surface area contributed by atoms with Crippen LogP contribution in [-0.2, 0) is 19.7 Å². The Balaban J connectivity index is 1.74. The van der Waals surface area contributed by atoms with Crippen LogP contribution < -0.4 is 10.1 Å². The van der Waals surface area contributed by atoms with Crippen LogP contribution in [0.15, 0.2) is 47.1 Å². The summed E-state index contributed by atoms with van der Waals surface area (Å²) in [5.41, 5.74) is 1.04. The molecule has 27 heavy (non-hydrogen) atoms.